The fraction of sp³-hybridized carbons (Fsp3) is 0.500. The van der Waals surface area contributed by atoms with Crippen LogP contribution in [-0.4, -0.2) is 24.1 Å². The van der Waals surface area contributed by atoms with E-state index in [1.54, 1.807) is 12.1 Å². The third-order valence-electron chi connectivity index (χ3n) is 3.23. The van der Waals surface area contributed by atoms with Crippen LogP contribution in [0.3, 0.4) is 0 Å². The first-order valence-electron chi connectivity index (χ1n) is 5.25. The summed E-state index contributed by atoms with van der Waals surface area (Å²) in [6, 6.07) is 7.49. The Hall–Kier alpha value is -0.670. The summed E-state index contributed by atoms with van der Waals surface area (Å²) in [7, 11) is 0. The van der Waals surface area contributed by atoms with Crippen molar-refractivity contribution in [3.63, 3.8) is 0 Å². The molecular weight excluding hydrogens is 208 g/mol. The monoisotopic (exact) mass is 224 g/mol. The fourth-order valence-corrected chi connectivity index (χ4v) is 2.61. The zero-order chi connectivity index (χ0) is 10.7. The van der Waals surface area contributed by atoms with E-state index in [0.717, 1.165) is 31.8 Å². The van der Waals surface area contributed by atoms with Gasteiger partial charge in [0.05, 0.1) is 0 Å². The molecule has 0 aliphatic carbocycles. The van der Waals surface area contributed by atoms with E-state index < -0.39 is 0 Å². The minimum absolute atomic E-state index is 0.134. The van der Waals surface area contributed by atoms with E-state index >= 15 is 0 Å². The number of benzene rings is 1. The number of hydrogen-bond acceptors (Lipinski definition) is 3. The third-order valence-corrected chi connectivity index (χ3v) is 3.84. The first-order valence-corrected chi connectivity index (χ1v) is 5.88. The van der Waals surface area contributed by atoms with E-state index in [1.807, 2.05) is 12.1 Å². The van der Waals surface area contributed by atoms with Crippen molar-refractivity contribution in [1.82, 2.24) is 0 Å². The summed E-state index contributed by atoms with van der Waals surface area (Å²) in [6.45, 7) is 1.61. The Morgan fingerprint density at radius 1 is 1.20 bits per heavy atom. The van der Waals surface area contributed by atoms with Gasteiger partial charge in [0, 0.05) is 24.4 Å². The van der Waals surface area contributed by atoms with Gasteiger partial charge in [0.25, 0.3) is 0 Å². The SMILES string of the molecule is Oc1ccc(C2(CS)CCOCC2)cc1. The lowest BCUT2D eigenvalue weighted by atomic mass is 9.76. The van der Waals surface area contributed by atoms with Gasteiger partial charge >= 0.3 is 0 Å². The van der Waals surface area contributed by atoms with Gasteiger partial charge in [-0.05, 0) is 30.5 Å². The Kier molecular flexibility index (Phi) is 3.22. The first-order chi connectivity index (χ1) is 7.27. The van der Waals surface area contributed by atoms with E-state index in [9.17, 15) is 5.11 Å². The smallest absolute Gasteiger partial charge is 0.115 e. The van der Waals surface area contributed by atoms with Gasteiger partial charge in [0.1, 0.15) is 5.75 Å². The predicted molar refractivity (Wildman–Crippen MR) is 63.7 cm³/mol. The standard InChI is InChI=1S/C12H16O2S/c13-11-3-1-10(2-4-11)12(9-15)5-7-14-8-6-12/h1-4,13,15H,5-9H2. The number of ether oxygens (including phenoxy) is 1. The van der Waals surface area contributed by atoms with Crippen molar-refractivity contribution in [3.05, 3.63) is 29.8 Å². The number of aromatic hydroxyl groups is 1. The number of phenols is 1. The molecule has 0 bridgehead atoms. The van der Waals surface area contributed by atoms with E-state index in [2.05, 4.69) is 12.6 Å². The van der Waals surface area contributed by atoms with Gasteiger partial charge in [0.2, 0.25) is 0 Å². The van der Waals surface area contributed by atoms with Crippen LogP contribution in [0.4, 0.5) is 0 Å². The zero-order valence-corrected chi connectivity index (χ0v) is 9.54. The summed E-state index contributed by atoms with van der Waals surface area (Å²) < 4.78 is 5.39. The molecule has 0 atom stereocenters. The van der Waals surface area contributed by atoms with Gasteiger partial charge in [-0.2, -0.15) is 12.6 Å². The number of thiol groups is 1. The van der Waals surface area contributed by atoms with Crippen molar-refractivity contribution in [3.8, 4) is 5.75 Å². The Bertz CT molecular complexity index is 315. The molecule has 1 saturated heterocycles. The molecular formula is C12H16O2S. The Balaban J connectivity index is 2.28. The zero-order valence-electron chi connectivity index (χ0n) is 8.65. The highest BCUT2D eigenvalue weighted by Crippen LogP contribution is 2.36. The molecule has 2 rings (SSSR count). The van der Waals surface area contributed by atoms with E-state index in [4.69, 9.17) is 4.74 Å². The summed E-state index contributed by atoms with van der Waals surface area (Å²) in [5.41, 5.74) is 1.40. The average Bonchev–Trinajstić information content (AvgIpc) is 2.31. The van der Waals surface area contributed by atoms with Crippen LogP contribution in [0.1, 0.15) is 18.4 Å². The molecule has 1 aromatic carbocycles. The molecule has 1 fully saturated rings. The molecule has 1 aliphatic heterocycles. The summed E-state index contributed by atoms with van der Waals surface area (Å²) in [6.07, 6.45) is 2.03. The van der Waals surface area contributed by atoms with Crippen LogP contribution in [0.2, 0.25) is 0 Å². The highest BCUT2D eigenvalue weighted by Gasteiger charge is 2.32. The van der Waals surface area contributed by atoms with Crippen molar-refractivity contribution in [2.75, 3.05) is 19.0 Å². The Morgan fingerprint density at radius 3 is 2.33 bits per heavy atom. The lowest BCUT2D eigenvalue weighted by Crippen LogP contribution is -2.35. The van der Waals surface area contributed by atoms with Gasteiger partial charge in [-0.1, -0.05) is 12.1 Å². The molecule has 1 N–H and O–H groups in total. The van der Waals surface area contributed by atoms with Gasteiger partial charge in [-0.3, -0.25) is 0 Å². The summed E-state index contributed by atoms with van der Waals surface area (Å²) in [5, 5.41) is 9.27. The summed E-state index contributed by atoms with van der Waals surface area (Å²) in [4.78, 5) is 0. The maximum absolute atomic E-state index is 9.27. The number of phenolic OH excluding ortho intramolecular Hbond substituents is 1. The van der Waals surface area contributed by atoms with Crippen molar-refractivity contribution in [1.29, 1.82) is 0 Å². The molecule has 15 heavy (non-hydrogen) atoms. The van der Waals surface area contributed by atoms with Gasteiger partial charge < -0.3 is 9.84 Å². The van der Waals surface area contributed by atoms with Gasteiger partial charge in [-0.15, -0.1) is 0 Å². The molecule has 1 aliphatic rings. The molecule has 3 heteroatoms. The topological polar surface area (TPSA) is 29.5 Å². The average molecular weight is 224 g/mol. The molecule has 0 spiro atoms. The largest absolute Gasteiger partial charge is 0.508 e. The quantitative estimate of drug-likeness (QED) is 0.755. The molecule has 82 valence electrons. The van der Waals surface area contributed by atoms with E-state index in [1.165, 1.54) is 5.56 Å². The predicted octanol–water partition coefficient (Wildman–Crippen LogP) is 2.37. The fourth-order valence-electron chi connectivity index (χ4n) is 2.12. The van der Waals surface area contributed by atoms with Crippen molar-refractivity contribution in [2.24, 2.45) is 0 Å². The Labute approximate surface area is 95.7 Å². The first kappa shape index (κ1) is 10.8. The third kappa shape index (κ3) is 2.13. The van der Waals surface area contributed by atoms with Gasteiger partial charge in [0.15, 0.2) is 0 Å². The minimum Gasteiger partial charge on any atom is -0.508 e. The van der Waals surface area contributed by atoms with E-state index in [0.29, 0.717) is 5.75 Å². The van der Waals surface area contributed by atoms with E-state index in [-0.39, 0.29) is 5.41 Å². The molecule has 1 aromatic rings. The maximum Gasteiger partial charge on any atom is 0.115 e. The van der Waals surface area contributed by atoms with Crippen LogP contribution in [-0.2, 0) is 10.2 Å². The molecule has 0 saturated carbocycles. The second-order valence-electron chi connectivity index (χ2n) is 4.10. The van der Waals surface area contributed by atoms with Crippen molar-refractivity contribution < 1.29 is 9.84 Å². The Morgan fingerprint density at radius 2 is 1.80 bits per heavy atom. The van der Waals surface area contributed by atoms with Gasteiger partial charge in [-0.25, -0.2) is 0 Å². The second kappa shape index (κ2) is 4.45. The minimum atomic E-state index is 0.134. The van der Waals surface area contributed by atoms with Crippen LogP contribution in [0.5, 0.6) is 5.75 Å². The molecule has 1 heterocycles. The lowest BCUT2D eigenvalue weighted by Gasteiger charge is -2.36. The second-order valence-corrected chi connectivity index (χ2v) is 4.41. The molecule has 0 amide bonds. The van der Waals surface area contributed by atoms with Crippen LogP contribution in [0.25, 0.3) is 0 Å². The summed E-state index contributed by atoms with van der Waals surface area (Å²) in [5.74, 6) is 1.15. The number of hydrogen-bond donors (Lipinski definition) is 2. The van der Waals surface area contributed by atoms with Crippen LogP contribution >= 0.6 is 12.6 Å². The van der Waals surface area contributed by atoms with Crippen molar-refractivity contribution >= 4 is 12.6 Å². The highest BCUT2D eigenvalue weighted by atomic mass is 32.1. The van der Waals surface area contributed by atoms with Crippen LogP contribution < -0.4 is 0 Å². The summed E-state index contributed by atoms with van der Waals surface area (Å²) >= 11 is 4.47. The normalized spacial score (nSPS) is 20.1. The van der Waals surface area contributed by atoms with Crippen LogP contribution in [0.15, 0.2) is 24.3 Å². The highest BCUT2D eigenvalue weighted by molar-refractivity contribution is 7.80. The molecule has 0 unspecified atom stereocenters. The molecule has 0 radical (unpaired) electrons. The van der Waals surface area contributed by atoms with Crippen molar-refractivity contribution in [2.45, 2.75) is 18.3 Å². The lowest BCUT2D eigenvalue weighted by molar-refractivity contribution is 0.0581. The molecule has 2 nitrogen and oxygen atoms in total. The van der Waals surface area contributed by atoms with Crippen LogP contribution in [0, 0.1) is 0 Å². The number of rotatable bonds is 2. The maximum atomic E-state index is 9.27. The molecule has 0 aromatic heterocycles.